The molecule has 1 aromatic carbocycles. The molecule has 1 rings (SSSR count). The Morgan fingerprint density at radius 3 is 2.57 bits per heavy atom. The Kier molecular flexibility index (Phi) is 3.38. The van der Waals surface area contributed by atoms with Crippen molar-refractivity contribution in [2.24, 2.45) is 0 Å². The number of benzene rings is 1. The zero-order valence-electron chi connectivity index (χ0n) is 6.87. The molecule has 0 fully saturated rings. The van der Waals surface area contributed by atoms with E-state index in [1.165, 1.54) is 18.2 Å². The van der Waals surface area contributed by atoms with Crippen molar-refractivity contribution in [3.63, 3.8) is 0 Å². The summed E-state index contributed by atoms with van der Waals surface area (Å²) in [6.45, 7) is 0. The average molecular weight is 233 g/mol. The lowest BCUT2D eigenvalue weighted by atomic mass is 10.2. The minimum atomic E-state index is -1.10. The van der Waals surface area contributed by atoms with E-state index in [9.17, 15) is 9.90 Å². The summed E-state index contributed by atoms with van der Waals surface area (Å²) in [5.41, 5.74) is 0.307. The molecule has 14 heavy (non-hydrogen) atoms. The minimum Gasteiger partial charge on any atom is -0.506 e. The van der Waals surface area contributed by atoms with Crippen LogP contribution in [0.5, 0.6) is 5.75 Å². The number of aliphatic carboxylic acids is 1. The number of carboxylic acids is 1. The molecular weight excluding hydrogens is 227 g/mol. The molecular formula is C9H6Cl2O3. The normalized spacial score (nSPS) is 10.7. The van der Waals surface area contributed by atoms with Crippen LogP contribution in [0.15, 0.2) is 18.2 Å². The van der Waals surface area contributed by atoms with Crippen LogP contribution >= 0.6 is 23.2 Å². The topological polar surface area (TPSA) is 57.5 Å². The van der Waals surface area contributed by atoms with Crippen molar-refractivity contribution >= 4 is 35.2 Å². The second kappa shape index (κ2) is 4.35. The largest absolute Gasteiger partial charge is 0.506 e. The highest BCUT2D eigenvalue weighted by Gasteiger charge is 2.07. The van der Waals surface area contributed by atoms with Gasteiger partial charge in [-0.05, 0) is 18.2 Å². The molecule has 0 saturated carbocycles. The van der Waals surface area contributed by atoms with Crippen molar-refractivity contribution in [1.82, 2.24) is 0 Å². The number of phenols is 1. The molecule has 0 atom stereocenters. The van der Waals surface area contributed by atoms with Crippen LogP contribution in [0.2, 0.25) is 10.0 Å². The van der Waals surface area contributed by atoms with Gasteiger partial charge in [0.15, 0.2) is 0 Å². The number of hydrogen-bond acceptors (Lipinski definition) is 2. The number of hydrogen-bond donors (Lipinski definition) is 2. The first-order valence-corrected chi connectivity index (χ1v) is 4.36. The van der Waals surface area contributed by atoms with Crippen molar-refractivity contribution < 1.29 is 15.0 Å². The summed E-state index contributed by atoms with van der Waals surface area (Å²) in [5, 5.41) is 18.0. The Bertz CT molecular complexity index is 399. The highest BCUT2D eigenvalue weighted by atomic mass is 35.5. The second-order valence-corrected chi connectivity index (χ2v) is 3.26. The van der Waals surface area contributed by atoms with Crippen LogP contribution in [0.1, 0.15) is 5.56 Å². The molecule has 0 aliphatic heterocycles. The summed E-state index contributed by atoms with van der Waals surface area (Å²) in [4.78, 5) is 10.2. The van der Waals surface area contributed by atoms with Gasteiger partial charge in [-0.15, -0.1) is 0 Å². The Balaban J connectivity index is 3.12. The lowest BCUT2D eigenvalue weighted by Gasteiger charge is -2.02. The molecule has 0 radical (unpaired) electrons. The van der Waals surface area contributed by atoms with Gasteiger partial charge in [-0.1, -0.05) is 23.2 Å². The summed E-state index contributed by atoms with van der Waals surface area (Å²) in [6.07, 6.45) is 2.14. The molecule has 5 heteroatoms. The Morgan fingerprint density at radius 2 is 2.00 bits per heavy atom. The molecule has 0 heterocycles. The number of carboxylic acid groups (broad SMARTS) is 1. The van der Waals surface area contributed by atoms with E-state index in [-0.39, 0.29) is 15.8 Å². The molecule has 3 nitrogen and oxygen atoms in total. The van der Waals surface area contributed by atoms with Crippen molar-refractivity contribution in [3.05, 3.63) is 33.8 Å². The molecule has 0 aliphatic rings. The van der Waals surface area contributed by atoms with Crippen molar-refractivity contribution in [2.75, 3.05) is 0 Å². The summed E-state index contributed by atoms with van der Waals surface area (Å²) in [6, 6.07) is 2.95. The van der Waals surface area contributed by atoms with Crippen LogP contribution in [-0.2, 0) is 4.79 Å². The van der Waals surface area contributed by atoms with Gasteiger partial charge in [0.2, 0.25) is 0 Å². The highest BCUT2D eigenvalue weighted by molar-refractivity contribution is 6.43. The van der Waals surface area contributed by atoms with Gasteiger partial charge in [-0.25, -0.2) is 4.79 Å². The van der Waals surface area contributed by atoms with E-state index in [1.807, 2.05) is 0 Å². The van der Waals surface area contributed by atoms with E-state index >= 15 is 0 Å². The molecule has 0 unspecified atom stereocenters. The van der Waals surface area contributed by atoms with Crippen LogP contribution in [-0.4, -0.2) is 16.2 Å². The van der Waals surface area contributed by atoms with Crippen LogP contribution in [0, 0.1) is 0 Å². The SMILES string of the molecule is O=C(O)/C=C/c1ccc(Cl)c(Cl)c1O. The van der Waals surface area contributed by atoms with Gasteiger partial charge in [-0.3, -0.25) is 0 Å². The molecule has 74 valence electrons. The zero-order chi connectivity index (χ0) is 10.7. The average Bonchev–Trinajstić information content (AvgIpc) is 2.13. The molecule has 0 spiro atoms. The number of aromatic hydroxyl groups is 1. The summed E-state index contributed by atoms with van der Waals surface area (Å²) in [5.74, 6) is -1.33. The van der Waals surface area contributed by atoms with Gasteiger partial charge >= 0.3 is 5.97 Å². The predicted octanol–water partition coefficient (Wildman–Crippen LogP) is 2.80. The van der Waals surface area contributed by atoms with Crippen LogP contribution in [0.3, 0.4) is 0 Å². The molecule has 0 aromatic heterocycles. The first-order chi connectivity index (χ1) is 6.52. The van der Waals surface area contributed by atoms with E-state index in [1.54, 1.807) is 0 Å². The summed E-state index contributed by atoms with van der Waals surface area (Å²) >= 11 is 11.3. The number of carbonyl (C=O) groups is 1. The maximum absolute atomic E-state index is 10.2. The van der Waals surface area contributed by atoms with E-state index in [2.05, 4.69) is 0 Å². The standard InChI is InChI=1S/C9H6Cl2O3/c10-6-3-1-5(2-4-7(12)13)9(14)8(6)11/h1-4,14H,(H,12,13)/b4-2+. The Hall–Kier alpha value is -1.19. The fourth-order valence-electron chi connectivity index (χ4n) is 0.850. The fourth-order valence-corrected chi connectivity index (χ4v) is 1.18. The molecule has 0 bridgehead atoms. The third-order valence-electron chi connectivity index (χ3n) is 1.51. The van der Waals surface area contributed by atoms with Gasteiger partial charge in [0, 0.05) is 11.6 Å². The van der Waals surface area contributed by atoms with E-state index in [4.69, 9.17) is 28.3 Å². The van der Waals surface area contributed by atoms with Gasteiger partial charge < -0.3 is 10.2 Å². The van der Waals surface area contributed by atoms with E-state index in [0.29, 0.717) is 5.56 Å². The third kappa shape index (κ3) is 2.40. The van der Waals surface area contributed by atoms with E-state index in [0.717, 1.165) is 6.08 Å². The fraction of sp³-hybridized carbons (Fsp3) is 0. The Labute approximate surface area is 90.2 Å². The molecule has 1 aromatic rings. The third-order valence-corrected chi connectivity index (χ3v) is 2.30. The number of halogens is 2. The van der Waals surface area contributed by atoms with Gasteiger partial charge in [0.1, 0.15) is 10.8 Å². The molecule has 0 saturated heterocycles. The molecule has 2 N–H and O–H groups in total. The highest BCUT2D eigenvalue weighted by Crippen LogP contribution is 2.34. The predicted molar refractivity (Wildman–Crippen MR) is 54.8 cm³/mol. The lowest BCUT2D eigenvalue weighted by molar-refractivity contribution is -0.131. The first kappa shape index (κ1) is 10.9. The van der Waals surface area contributed by atoms with Crippen LogP contribution < -0.4 is 0 Å². The smallest absolute Gasteiger partial charge is 0.328 e. The lowest BCUT2D eigenvalue weighted by Crippen LogP contribution is -1.86. The van der Waals surface area contributed by atoms with Gasteiger partial charge in [0.25, 0.3) is 0 Å². The van der Waals surface area contributed by atoms with Crippen molar-refractivity contribution in [2.45, 2.75) is 0 Å². The molecule has 0 amide bonds. The summed E-state index contributed by atoms with van der Waals surface area (Å²) < 4.78 is 0. The maximum atomic E-state index is 10.2. The quantitative estimate of drug-likeness (QED) is 0.772. The monoisotopic (exact) mass is 232 g/mol. The second-order valence-electron chi connectivity index (χ2n) is 2.47. The van der Waals surface area contributed by atoms with Crippen LogP contribution in [0.25, 0.3) is 6.08 Å². The maximum Gasteiger partial charge on any atom is 0.328 e. The van der Waals surface area contributed by atoms with Crippen molar-refractivity contribution in [1.29, 1.82) is 0 Å². The van der Waals surface area contributed by atoms with Gasteiger partial charge in [0.05, 0.1) is 5.02 Å². The first-order valence-electron chi connectivity index (χ1n) is 3.60. The molecule has 0 aliphatic carbocycles. The summed E-state index contributed by atoms with van der Waals surface area (Å²) in [7, 11) is 0. The number of rotatable bonds is 2. The zero-order valence-corrected chi connectivity index (χ0v) is 8.38. The van der Waals surface area contributed by atoms with Crippen molar-refractivity contribution in [3.8, 4) is 5.75 Å². The Morgan fingerprint density at radius 1 is 1.36 bits per heavy atom. The van der Waals surface area contributed by atoms with E-state index < -0.39 is 5.97 Å². The van der Waals surface area contributed by atoms with Gasteiger partial charge in [-0.2, -0.15) is 0 Å². The van der Waals surface area contributed by atoms with Crippen LogP contribution in [0.4, 0.5) is 0 Å². The number of phenolic OH excluding ortho intramolecular Hbond substituents is 1. The minimum absolute atomic E-state index is 0.0132.